The monoisotopic (exact) mass is 368 g/mol. The quantitative estimate of drug-likeness (QED) is 0.513. The smallest absolute Gasteiger partial charge is 0.322 e. The van der Waals surface area contributed by atoms with E-state index < -0.39 is 12.0 Å². The molecule has 1 heterocycles. The number of aromatic nitrogens is 1. The van der Waals surface area contributed by atoms with Gasteiger partial charge in [0, 0.05) is 27.8 Å². The Morgan fingerprint density at radius 3 is 2.50 bits per heavy atom. The molecular formula is C20H20N2O3S. The van der Waals surface area contributed by atoms with E-state index in [1.807, 2.05) is 48.5 Å². The minimum Gasteiger partial charge on any atom is -0.468 e. The maximum absolute atomic E-state index is 11.7. The molecule has 134 valence electrons. The third-order valence-corrected chi connectivity index (χ3v) is 5.24. The van der Waals surface area contributed by atoms with Crippen LogP contribution in [0.1, 0.15) is 22.8 Å². The van der Waals surface area contributed by atoms with Gasteiger partial charge in [-0.2, -0.15) is 0 Å². The fourth-order valence-corrected chi connectivity index (χ4v) is 3.78. The van der Waals surface area contributed by atoms with Crippen LogP contribution in [0.25, 0.3) is 10.9 Å². The molecule has 3 rings (SSSR count). The maximum Gasteiger partial charge on any atom is 0.322 e. The van der Waals surface area contributed by atoms with Crippen LogP contribution in [0, 0.1) is 0 Å². The molecule has 0 saturated carbocycles. The molecule has 0 amide bonds. The Hall–Kier alpha value is -2.57. The summed E-state index contributed by atoms with van der Waals surface area (Å²) < 4.78 is 4.75. The minimum absolute atomic E-state index is 0.0388. The molecule has 1 atom stereocenters. The number of H-pyrrole nitrogens is 1. The predicted molar refractivity (Wildman–Crippen MR) is 103 cm³/mol. The third kappa shape index (κ3) is 3.81. The van der Waals surface area contributed by atoms with E-state index >= 15 is 0 Å². The second kappa shape index (κ2) is 7.76. The molecule has 5 nitrogen and oxygen atoms in total. The molecular weight excluding hydrogens is 348 g/mol. The van der Waals surface area contributed by atoms with E-state index in [-0.39, 0.29) is 5.78 Å². The average molecular weight is 368 g/mol. The number of rotatable bonds is 6. The highest BCUT2D eigenvalue weighted by Gasteiger charge is 2.20. The Balaban J connectivity index is 1.95. The second-order valence-corrected chi connectivity index (χ2v) is 7.08. The molecule has 0 radical (unpaired) electrons. The molecule has 3 aromatic rings. The van der Waals surface area contributed by atoms with Crippen LogP contribution < -0.4 is 5.73 Å². The number of benzene rings is 2. The van der Waals surface area contributed by atoms with Crippen molar-refractivity contribution in [3.05, 3.63) is 59.7 Å². The lowest BCUT2D eigenvalue weighted by Gasteiger charge is -2.10. The lowest BCUT2D eigenvalue weighted by molar-refractivity contribution is -0.142. The van der Waals surface area contributed by atoms with Crippen LogP contribution in [0.3, 0.4) is 0 Å². The normalized spacial score (nSPS) is 12.1. The summed E-state index contributed by atoms with van der Waals surface area (Å²) >= 11 is 1.55. The summed E-state index contributed by atoms with van der Waals surface area (Å²) in [5.74, 6) is -0.394. The number of hydrogen-bond donors (Lipinski definition) is 2. The molecule has 0 aliphatic carbocycles. The zero-order valence-corrected chi connectivity index (χ0v) is 15.4. The fraction of sp³-hybridized carbons (Fsp3) is 0.200. The number of Topliss-reactive ketones (excluding diaryl/α,β-unsaturated/α-hetero) is 1. The van der Waals surface area contributed by atoms with Crippen LogP contribution in [0.5, 0.6) is 0 Å². The van der Waals surface area contributed by atoms with E-state index in [9.17, 15) is 9.59 Å². The van der Waals surface area contributed by atoms with Gasteiger partial charge in [0.25, 0.3) is 0 Å². The van der Waals surface area contributed by atoms with E-state index in [2.05, 4.69) is 4.98 Å². The average Bonchev–Trinajstić information content (AvgIpc) is 2.98. The Morgan fingerprint density at radius 2 is 1.85 bits per heavy atom. The first-order chi connectivity index (χ1) is 12.5. The number of nitrogens with one attached hydrogen (secondary N) is 1. The summed E-state index contributed by atoms with van der Waals surface area (Å²) in [6.45, 7) is 1.55. The molecule has 1 aromatic heterocycles. The van der Waals surface area contributed by atoms with Gasteiger partial charge in [0.2, 0.25) is 0 Å². The van der Waals surface area contributed by atoms with Crippen molar-refractivity contribution in [1.29, 1.82) is 0 Å². The summed E-state index contributed by atoms with van der Waals surface area (Å²) in [5.41, 5.74) is 8.64. The standard InChI is InChI=1S/C20H20N2O3S/c1-12(23)13-7-9-14(10-8-13)26-19-16(11-17(21)20(24)25-2)15-5-3-4-6-18(15)22-19/h3-10,17,22H,11,21H2,1-2H3/t17-/m0/s1. The Kier molecular flexibility index (Phi) is 5.44. The number of aromatic amines is 1. The van der Waals surface area contributed by atoms with Gasteiger partial charge in [-0.25, -0.2) is 0 Å². The zero-order valence-electron chi connectivity index (χ0n) is 14.6. The number of nitrogens with two attached hydrogens (primary N) is 1. The molecule has 3 N–H and O–H groups in total. The van der Waals surface area contributed by atoms with Gasteiger partial charge in [0.05, 0.1) is 12.1 Å². The molecule has 0 aliphatic rings. The van der Waals surface area contributed by atoms with Gasteiger partial charge in [-0.3, -0.25) is 9.59 Å². The molecule has 0 spiro atoms. The summed E-state index contributed by atoms with van der Waals surface area (Å²) in [4.78, 5) is 27.6. The number of esters is 1. The van der Waals surface area contributed by atoms with Crippen LogP contribution in [0.4, 0.5) is 0 Å². The van der Waals surface area contributed by atoms with E-state index in [4.69, 9.17) is 10.5 Å². The summed E-state index contributed by atoms with van der Waals surface area (Å²) in [6.07, 6.45) is 0.380. The Labute approximate surface area is 155 Å². The van der Waals surface area contributed by atoms with Crippen LogP contribution in [-0.2, 0) is 16.0 Å². The van der Waals surface area contributed by atoms with E-state index in [1.165, 1.54) is 7.11 Å². The van der Waals surface area contributed by atoms with Crippen molar-refractivity contribution in [2.75, 3.05) is 7.11 Å². The van der Waals surface area contributed by atoms with E-state index in [0.717, 1.165) is 26.4 Å². The number of carbonyl (C=O) groups is 2. The van der Waals surface area contributed by atoms with Crippen molar-refractivity contribution in [2.24, 2.45) is 5.73 Å². The van der Waals surface area contributed by atoms with Gasteiger partial charge in [-0.05, 0) is 30.7 Å². The first-order valence-corrected chi connectivity index (χ1v) is 9.03. The third-order valence-electron chi connectivity index (χ3n) is 4.18. The Morgan fingerprint density at radius 1 is 1.15 bits per heavy atom. The topological polar surface area (TPSA) is 85.2 Å². The molecule has 0 bridgehead atoms. The van der Waals surface area contributed by atoms with Gasteiger partial charge in [0.15, 0.2) is 5.78 Å². The number of fused-ring (bicyclic) bond motifs is 1. The van der Waals surface area contributed by atoms with Crippen molar-refractivity contribution in [1.82, 2.24) is 4.98 Å². The lowest BCUT2D eigenvalue weighted by Crippen LogP contribution is -2.33. The van der Waals surface area contributed by atoms with Crippen molar-refractivity contribution in [3.8, 4) is 0 Å². The largest absolute Gasteiger partial charge is 0.468 e. The molecule has 6 heteroatoms. The van der Waals surface area contributed by atoms with Gasteiger partial charge in [-0.15, -0.1) is 0 Å². The number of para-hydroxylation sites is 1. The molecule has 0 unspecified atom stereocenters. The molecule has 0 fully saturated rings. The van der Waals surface area contributed by atoms with Crippen LogP contribution in [0.15, 0.2) is 58.5 Å². The van der Waals surface area contributed by atoms with Crippen LogP contribution in [0.2, 0.25) is 0 Å². The summed E-state index contributed by atoms with van der Waals surface area (Å²) in [6, 6.07) is 14.6. The molecule has 0 aliphatic heterocycles. The molecule has 0 saturated heterocycles. The number of methoxy groups -OCH3 is 1. The number of ether oxygens (including phenoxy) is 1. The highest BCUT2D eigenvalue weighted by molar-refractivity contribution is 7.99. The lowest BCUT2D eigenvalue weighted by atomic mass is 10.1. The SMILES string of the molecule is COC(=O)[C@@H](N)Cc1c(Sc2ccc(C(C)=O)cc2)[nH]c2ccccc12. The van der Waals surface area contributed by atoms with Gasteiger partial charge in [-0.1, -0.05) is 42.1 Å². The van der Waals surface area contributed by atoms with Crippen molar-refractivity contribution < 1.29 is 14.3 Å². The Bertz CT molecular complexity index is 947. The van der Waals surface area contributed by atoms with Gasteiger partial charge >= 0.3 is 5.97 Å². The van der Waals surface area contributed by atoms with Gasteiger partial charge < -0.3 is 15.5 Å². The first kappa shape index (κ1) is 18.2. The van der Waals surface area contributed by atoms with Crippen molar-refractivity contribution in [3.63, 3.8) is 0 Å². The van der Waals surface area contributed by atoms with Crippen LogP contribution >= 0.6 is 11.8 Å². The molecule has 2 aromatic carbocycles. The number of ketones is 1. The van der Waals surface area contributed by atoms with E-state index in [1.54, 1.807) is 18.7 Å². The summed E-state index contributed by atoms with van der Waals surface area (Å²) in [7, 11) is 1.34. The van der Waals surface area contributed by atoms with Crippen molar-refractivity contribution in [2.45, 2.75) is 29.3 Å². The summed E-state index contributed by atoms with van der Waals surface area (Å²) in [5, 5.41) is 1.97. The van der Waals surface area contributed by atoms with E-state index in [0.29, 0.717) is 12.0 Å². The second-order valence-electron chi connectivity index (χ2n) is 5.99. The maximum atomic E-state index is 11.7. The van der Waals surface area contributed by atoms with Gasteiger partial charge in [0.1, 0.15) is 6.04 Å². The highest BCUT2D eigenvalue weighted by Crippen LogP contribution is 2.35. The predicted octanol–water partition coefficient (Wildman–Crippen LogP) is 3.56. The zero-order chi connectivity index (χ0) is 18.7. The highest BCUT2D eigenvalue weighted by atomic mass is 32.2. The number of carbonyl (C=O) groups excluding carboxylic acids is 2. The molecule has 26 heavy (non-hydrogen) atoms. The van der Waals surface area contributed by atoms with Crippen LogP contribution in [-0.4, -0.2) is 29.9 Å². The van der Waals surface area contributed by atoms with Crippen molar-refractivity contribution >= 4 is 34.4 Å². The number of hydrogen-bond acceptors (Lipinski definition) is 5. The minimum atomic E-state index is -0.723. The fourth-order valence-electron chi connectivity index (χ4n) is 2.80. The first-order valence-electron chi connectivity index (χ1n) is 8.21.